The highest BCUT2D eigenvalue weighted by molar-refractivity contribution is 7.21. The Morgan fingerprint density at radius 2 is 1.61 bits per heavy atom. The monoisotopic (exact) mass is 799 g/mol. The van der Waals surface area contributed by atoms with Crippen molar-refractivity contribution < 1.29 is 28.7 Å². The minimum absolute atomic E-state index is 0.114. The first-order valence-corrected chi connectivity index (χ1v) is 20.2. The molecule has 1 unspecified atom stereocenters. The second kappa shape index (κ2) is 19.9. The van der Waals surface area contributed by atoms with E-state index in [-0.39, 0.29) is 36.9 Å². The number of thiazole rings is 1. The highest BCUT2D eigenvalue weighted by atomic mass is 32.1. The van der Waals surface area contributed by atoms with Gasteiger partial charge in [-0.05, 0) is 54.0 Å². The molecule has 4 heterocycles. The maximum absolute atomic E-state index is 13.5. The number of alkyl carbamates (subject to hydrolysis) is 2. The number of carbonyl (C=O) groups is 4. The van der Waals surface area contributed by atoms with Crippen LogP contribution in [0, 0.1) is 5.92 Å². The fraction of sp³-hybridized carbons (Fsp3) is 0.439. The third kappa shape index (κ3) is 10.6. The predicted molar refractivity (Wildman–Crippen MR) is 220 cm³/mol. The summed E-state index contributed by atoms with van der Waals surface area (Å²) in [6.45, 7) is 11.3. The van der Waals surface area contributed by atoms with Crippen molar-refractivity contribution in [1.82, 2.24) is 45.4 Å². The Kier molecular flexibility index (Phi) is 14.8. The van der Waals surface area contributed by atoms with Gasteiger partial charge in [0.05, 0.1) is 60.8 Å². The number of aromatic nitrogens is 5. The van der Waals surface area contributed by atoms with Crippen molar-refractivity contribution in [2.24, 2.45) is 5.92 Å². The first kappa shape index (κ1) is 42.4. The largest absolute Gasteiger partial charge is 0.453 e. The van der Waals surface area contributed by atoms with Crippen LogP contribution in [0.25, 0.3) is 43.3 Å². The van der Waals surface area contributed by atoms with Crippen molar-refractivity contribution in [3.05, 3.63) is 66.5 Å². The van der Waals surface area contributed by atoms with Gasteiger partial charge in [0.25, 0.3) is 0 Å². The maximum Gasteiger partial charge on any atom is 0.407 e. The molecule has 6 rings (SSSR count). The van der Waals surface area contributed by atoms with Gasteiger partial charge in [-0.15, -0.1) is 11.3 Å². The van der Waals surface area contributed by atoms with Crippen molar-refractivity contribution in [2.45, 2.75) is 78.9 Å². The van der Waals surface area contributed by atoms with E-state index in [1.54, 1.807) is 33.5 Å². The van der Waals surface area contributed by atoms with Crippen LogP contribution in [0.5, 0.6) is 0 Å². The van der Waals surface area contributed by atoms with Gasteiger partial charge in [0, 0.05) is 13.1 Å². The second-order valence-electron chi connectivity index (χ2n) is 14.1. The molecular weight excluding hydrogens is 747 g/mol. The third-order valence-corrected chi connectivity index (χ3v) is 10.4. The van der Waals surface area contributed by atoms with Gasteiger partial charge in [-0.25, -0.2) is 24.5 Å². The minimum Gasteiger partial charge on any atom is -0.453 e. The van der Waals surface area contributed by atoms with E-state index in [4.69, 9.17) is 9.72 Å². The van der Waals surface area contributed by atoms with E-state index >= 15 is 0 Å². The number of imidazole rings is 2. The summed E-state index contributed by atoms with van der Waals surface area (Å²) in [6.07, 6.45) is 5.85. The van der Waals surface area contributed by atoms with Crippen LogP contribution >= 0.6 is 11.3 Å². The number of hydrogen-bond donors (Lipinski definition) is 4. The molecule has 304 valence electrons. The molecule has 2 aromatic carbocycles. The van der Waals surface area contributed by atoms with Crippen molar-refractivity contribution >= 4 is 45.6 Å². The molecule has 1 aliphatic heterocycles. The molecule has 57 heavy (non-hydrogen) atoms. The van der Waals surface area contributed by atoms with Crippen LogP contribution < -0.4 is 10.6 Å². The Bertz CT molecular complexity index is 2130. The second-order valence-corrected chi connectivity index (χ2v) is 15.2. The summed E-state index contributed by atoms with van der Waals surface area (Å²) in [5, 5.41) is 5.93. The predicted octanol–water partition coefficient (Wildman–Crippen LogP) is 7.30. The van der Waals surface area contributed by atoms with Crippen LogP contribution in [0.4, 0.5) is 9.59 Å². The summed E-state index contributed by atoms with van der Waals surface area (Å²) < 4.78 is 10.3. The number of hydrogen-bond acceptors (Lipinski definition) is 10. The molecule has 3 aromatic heterocycles. The first-order chi connectivity index (χ1) is 27.5. The Balaban J connectivity index is 0.00000200. The van der Waals surface area contributed by atoms with Gasteiger partial charge in [-0.1, -0.05) is 71.4 Å². The molecule has 16 heteroatoms. The van der Waals surface area contributed by atoms with Crippen LogP contribution in [-0.2, 0) is 25.6 Å². The van der Waals surface area contributed by atoms with Gasteiger partial charge in [0.1, 0.15) is 29.2 Å². The summed E-state index contributed by atoms with van der Waals surface area (Å²) in [6, 6.07) is 13.4. The SMILES string of the molecule is CCC.CCCN(Cc1ncc(-c2ccc(-c3ccc4nc(-c5cnc([C@@H]6CCCN6C(=O)C(NC(=O)OC)C(C)C)[nH]5)sc4c3)cc2)[nH]1)C(=O)CNC(=O)OC. The lowest BCUT2D eigenvalue weighted by molar-refractivity contribution is -0.135. The number of carbonyl (C=O) groups excluding carboxylic acids is 4. The number of amides is 4. The van der Waals surface area contributed by atoms with Crippen LogP contribution in [-0.4, -0.2) is 98.6 Å². The summed E-state index contributed by atoms with van der Waals surface area (Å²) in [4.78, 5) is 73.8. The number of benzene rings is 2. The lowest BCUT2D eigenvalue weighted by atomic mass is 10.0. The molecule has 0 spiro atoms. The standard InChI is InChI=1S/C38H45N9O6S.C3H8/c1-6-15-46(32(48)20-41-37(50)52-4)21-31-39-18-27(42-31)24-11-9-23(10-12-24)25-13-14-26-30(17-25)54-35(44-26)28-19-40-34(43-28)29-8-7-16-47(29)36(49)33(22(2)3)45-38(51)53-5;1-3-2/h9-14,17-19,22,29,33H,6-8,15-16,20-21H2,1-5H3,(H,39,42)(H,40,43)(H,41,50)(H,45,51);3H2,1-2H3/t29-,33?;/m0./s1. The number of ether oxygens (including phenoxy) is 2. The van der Waals surface area contributed by atoms with Crippen LogP contribution in [0.1, 0.15) is 78.0 Å². The molecule has 4 amide bonds. The fourth-order valence-corrected chi connectivity index (χ4v) is 7.50. The summed E-state index contributed by atoms with van der Waals surface area (Å²) in [5.74, 6) is 0.852. The van der Waals surface area contributed by atoms with Gasteiger partial charge in [0.15, 0.2) is 0 Å². The fourth-order valence-electron chi connectivity index (χ4n) is 6.53. The first-order valence-electron chi connectivity index (χ1n) is 19.3. The lowest BCUT2D eigenvalue weighted by Gasteiger charge is -2.29. The Hall–Kier alpha value is -5.77. The zero-order valence-corrected chi connectivity index (χ0v) is 34.5. The van der Waals surface area contributed by atoms with Crippen LogP contribution in [0.2, 0.25) is 0 Å². The summed E-state index contributed by atoms with van der Waals surface area (Å²) in [7, 11) is 2.54. The van der Waals surface area contributed by atoms with E-state index in [0.29, 0.717) is 24.7 Å². The van der Waals surface area contributed by atoms with Crippen LogP contribution in [0.15, 0.2) is 54.9 Å². The molecule has 1 aliphatic rings. The smallest absolute Gasteiger partial charge is 0.407 e. The van der Waals surface area contributed by atoms with Crippen LogP contribution in [0.3, 0.4) is 0 Å². The highest BCUT2D eigenvalue weighted by Crippen LogP contribution is 2.36. The average Bonchev–Trinajstić information content (AvgIpc) is 4.05. The third-order valence-electron chi connectivity index (χ3n) is 9.37. The normalized spacial score (nSPS) is 14.2. The van der Waals surface area contributed by atoms with E-state index in [1.807, 2.05) is 39.0 Å². The average molecular weight is 800 g/mol. The minimum atomic E-state index is -0.698. The number of likely N-dealkylation sites (tertiary alicyclic amines) is 1. The van der Waals surface area contributed by atoms with Crippen molar-refractivity contribution in [3.63, 3.8) is 0 Å². The van der Waals surface area contributed by atoms with Crippen molar-refractivity contribution in [2.75, 3.05) is 33.9 Å². The van der Waals surface area contributed by atoms with Crippen molar-refractivity contribution in [1.29, 1.82) is 0 Å². The van der Waals surface area contributed by atoms with E-state index < -0.39 is 18.2 Å². The molecule has 1 saturated heterocycles. The molecule has 0 radical (unpaired) electrons. The Morgan fingerprint density at radius 1 is 0.930 bits per heavy atom. The van der Waals surface area contributed by atoms with Crippen molar-refractivity contribution in [3.8, 4) is 33.1 Å². The summed E-state index contributed by atoms with van der Waals surface area (Å²) in [5.41, 5.74) is 5.54. The molecule has 0 saturated carbocycles. The maximum atomic E-state index is 13.5. The van der Waals surface area contributed by atoms with Gasteiger partial charge in [-0.2, -0.15) is 0 Å². The van der Waals surface area contributed by atoms with Gasteiger partial charge in [0.2, 0.25) is 11.8 Å². The molecule has 5 aromatic rings. The molecule has 0 bridgehead atoms. The van der Waals surface area contributed by atoms with Gasteiger partial charge >= 0.3 is 12.2 Å². The van der Waals surface area contributed by atoms with Gasteiger partial charge < -0.3 is 39.9 Å². The molecule has 1 fully saturated rings. The number of fused-ring (bicyclic) bond motifs is 1. The quantitative estimate of drug-likeness (QED) is 0.0948. The molecule has 4 N–H and O–H groups in total. The summed E-state index contributed by atoms with van der Waals surface area (Å²) >= 11 is 1.57. The number of nitrogens with zero attached hydrogens (tertiary/aromatic N) is 5. The lowest BCUT2D eigenvalue weighted by Crippen LogP contribution is -2.51. The number of methoxy groups -OCH3 is 2. The van der Waals surface area contributed by atoms with E-state index in [2.05, 4.69) is 73.4 Å². The zero-order valence-electron chi connectivity index (χ0n) is 33.7. The van der Waals surface area contributed by atoms with E-state index in [0.717, 1.165) is 62.6 Å². The Morgan fingerprint density at radius 3 is 2.30 bits per heavy atom. The number of nitrogens with one attached hydrogen (secondary N) is 4. The van der Waals surface area contributed by atoms with E-state index in [1.165, 1.54) is 20.6 Å². The topological polar surface area (TPSA) is 188 Å². The number of aromatic amines is 2. The molecule has 2 atom stereocenters. The molecular formula is C41H53N9O6S. The van der Waals surface area contributed by atoms with Gasteiger partial charge in [-0.3, -0.25) is 9.59 Å². The highest BCUT2D eigenvalue weighted by Gasteiger charge is 2.37. The number of rotatable bonds is 13. The van der Waals surface area contributed by atoms with E-state index in [9.17, 15) is 19.2 Å². The number of H-pyrrole nitrogens is 2. The molecule has 0 aliphatic carbocycles. The molecule has 15 nitrogen and oxygen atoms in total. The Labute approximate surface area is 337 Å². The zero-order chi connectivity index (χ0) is 41.1.